The average Bonchev–Trinajstić information content (AvgIpc) is 2.58. The smallest absolute Gasteiger partial charge is 0.0947 e. The van der Waals surface area contributed by atoms with Crippen molar-refractivity contribution in [3.63, 3.8) is 0 Å². The van der Waals surface area contributed by atoms with E-state index in [1.54, 1.807) is 0 Å². The summed E-state index contributed by atoms with van der Waals surface area (Å²) in [6.45, 7) is 6.86. The molecule has 0 radical (unpaired) electrons. The molecule has 0 spiro atoms. The van der Waals surface area contributed by atoms with E-state index in [0.717, 1.165) is 44.5 Å². The van der Waals surface area contributed by atoms with Crippen LogP contribution in [0.1, 0.15) is 43.9 Å². The Hall–Kier alpha value is -0.900. The molecule has 1 aliphatic carbocycles. The lowest BCUT2D eigenvalue weighted by atomic mass is 9.96. The summed E-state index contributed by atoms with van der Waals surface area (Å²) in [5, 5.41) is 10.8. The van der Waals surface area contributed by atoms with Crippen molar-refractivity contribution >= 4 is 0 Å². The molecule has 1 aromatic carbocycles. The van der Waals surface area contributed by atoms with Gasteiger partial charge in [0.1, 0.15) is 0 Å². The van der Waals surface area contributed by atoms with Crippen molar-refractivity contribution in [3.8, 4) is 0 Å². The van der Waals surface area contributed by atoms with Crippen LogP contribution in [0.4, 0.5) is 0 Å². The van der Waals surface area contributed by atoms with Crippen molar-refractivity contribution in [2.75, 3.05) is 19.7 Å². The third-order valence-corrected chi connectivity index (χ3v) is 4.61. The van der Waals surface area contributed by atoms with E-state index in [4.69, 9.17) is 4.74 Å². The number of morpholine rings is 1. The highest BCUT2D eigenvalue weighted by Crippen LogP contribution is 2.33. The van der Waals surface area contributed by atoms with Crippen LogP contribution >= 0.6 is 0 Å². The van der Waals surface area contributed by atoms with Gasteiger partial charge in [-0.25, -0.2) is 0 Å². The molecule has 3 rings (SSSR count). The van der Waals surface area contributed by atoms with Crippen LogP contribution in [0.2, 0.25) is 0 Å². The molecule has 0 amide bonds. The molecule has 0 aromatic heterocycles. The van der Waals surface area contributed by atoms with Gasteiger partial charge >= 0.3 is 0 Å². The second-order valence-corrected chi connectivity index (χ2v) is 6.68. The predicted octanol–water partition coefficient (Wildman–Crippen LogP) is 2.54. The van der Waals surface area contributed by atoms with E-state index in [-0.39, 0.29) is 17.7 Å². The molecule has 1 heterocycles. The number of hydrogen-bond donors (Lipinski definition) is 1. The Morgan fingerprint density at radius 2 is 2.10 bits per heavy atom. The lowest BCUT2D eigenvalue weighted by molar-refractivity contribution is -0.111. The molecule has 20 heavy (non-hydrogen) atoms. The SMILES string of the molecule is CC1(C)CN(C2CCCc3ccccc3C2O)CCO1. The first kappa shape index (κ1) is 14.1. The zero-order valence-electron chi connectivity index (χ0n) is 12.5. The number of aryl methyl sites for hydroxylation is 1. The van der Waals surface area contributed by atoms with Crippen LogP contribution in [-0.4, -0.2) is 41.3 Å². The van der Waals surface area contributed by atoms with Crippen molar-refractivity contribution in [3.05, 3.63) is 35.4 Å². The maximum atomic E-state index is 10.8. The highest BCUT2D eigenvalue weighted by Gasteiger charge is 2.36. The zero-order valence-corrected chi connectivity index (χ0v) is 12.5. The molecular formula is C17H25NO2. The fourth-order valence-corrected chi connectivity index (χ4v) is 3.64. The Bertz CT molecular complexity index is 472. The number of rotatable bonds is 1. The molecule has 110 valence electrons. The highest BCUT2D eigenvalue weighted by atomic mass is 16.5. The van der Waals surface area contributed by atoms with Crippen molar-refractivity contribution in [2.45, 2.75) is 50.9 Å². The van der Waals surface area contributed by atoms with Gasteiger partial charge < -0.3 is 9.84 Å². The van der Waals surface area contributed by atoms with Crippen LogP contribution < -0.4 is 0 Å². The highest BCUT2D eigenvalue weighted by molar-refractivity contribution is 5.31. The molecule has 1 aromatic rings. The molecule has 1 N–H and O–H groups in total. The lowest BCUT2D eigenvalue weighted by Gasteiger charge is -2.43. The maximum absolute atomic E-state index is 10.8. The zero-order chi connectivity index (χ0) is 14.2. The molecular weight excluding hydrogens is 250 g/mol. The summed E-state index contributed by atoms with van der Waals surface area (Å²) in [5.41, 5.74) is 2.33. The fraction of sp³-hybridized carbons (Fsp3) is 0.647. The molecule has 0 saturated carbocycles. The summed E-state index contributed by atoms with van der Waals surface area (Å²) in [5.74, 6) is 0. The third kappa shape index (κ3) is 2.76. The van der Waals surface area contributed by atoms with Crippen molar-refractivity contribution in [1.29, 1.82) is 0 Å². The van der Waals surface area contributed by atoms with Crippen LogP contribution in [0.3, 0.4) is 0 Å². The Morgan fingerprint density at radius 3 is 2.90 bits per heavy atom. The monoisotopic (exact) mass is 275 g/mol. The number of hydrogen-bond acceptors (Lipinski definition) is 3. The summed E-state index contributed by atoms with van der Waals surface area (Å²) < 4.78 is 5.80. The molecule has 2 atom stereocenters. The molecule has 0 bridgehead atoms. The molecule has 1 fully saturated rings. The van der Waals surface area contributed by atoms with E-state index in [0.29, 0.717) is 0 Å². The van der Waals surface area contributed by atoms with Gasteiger partial charge in [0.05, 0.1) is 18.3 Å². The van der Waals surface area contributed by atoms with Gasteiger partial charge in [0.15, 0.2) is 0 Å². The molecule has 2 aliphatic rings. The topological polar surface area (TPSA) is 32.7 Å². The fourth-order valence-electron chi connectivity index (χ4n) is 3.64. The summed E-state index contributed by atoms with van der Waals surface area (Å²) in [6.07, 6.45) is 2.92. The predicted molar refractivity (Wildman–Crippen MR) is 79.7 cm³/mol. The molecule has 1 saturated heterocycles. The first-order valence-corrected chi connectivity index (χ1v) is 7.71. The number of nitrogens with zero attached hydrogens (tertiary/aromatic N) is 1. The Labute approximate surface area is 121 Å². The third-order valence-electron chi connectivity index (χ3n) is 4.61. The summed E-state index contributed by atoms with van der Waals surface area (Å²) in [7, 11) is 0. The van der Waals surface area contributed by atoms with Gasteiger partial charge in [0.2, 0.25) is 0 Å². The van der Waals surface area contributed by atoms with E-state index in [1.807, 2.05) is 6.07 Å². The normalized spacial score (nSPS) is 30.6. The minimum atomic E-state index is -0.373. The van der Waals surface area contributed by atoms with Gasteiger partial charge in [-0.15, -0.1) is 0 Å². The standard InChI is InChI=1S/C17H25NO2/c1-17(2)12-18(10-11-20-17)15-9-5-7-13-6-3-4-8-14(13)16(15)19/h3-4,6,8,15-16,19H,5,7,9-12H2,1-2H3. The Kier molecular flexibility index (Phi) is 3.85. The summed E-state index contributed by atoms with van der Waals surface area (Å²) in [4.78, 5) is 2.43. The first-order chi connectivity index (χ1) is 9.57. The van der Waals surface area contributed by atoms with E-state index >= 15 is 0 Å². The van der Waals surface area contributed by atoms with Crippen LogP contribution in [0.5, 0.6) is 0 Å². The number of benzene rings is 1. The Balaban J connectivity index is 1.83. The second-order valence-electron chi connectivity index (χ2n) is 6.68. The van der Waals surface area contributed by atoms with Crippen molar-refractivity contribution < 1.29 is 9.84 Å². The minimum absolute atomic E-state index is 0.107. The van der Waals surface area contributed by atoms with Gasteiger partial charge in [-0.05, 0) is 44.2 Å². The molecule has 1 aliphatic heterocycles. The first-order valence-electron chi connectivity index (χ1n) is 7.71. The van der Waals surface area contributed by atoms with Gasteiger partial charge in [-0.3, -0.25) is 4.90 Å². The van der Waals surface area contributed by atoms with Gasteiger partial charge in [-0.2, -0.15) is 0 Å². The summed E-state index contributed by atoms with van der Waals surface area (Å²) >= 11 is 0. The Morgan fingerprint density at radius 1 is 1.30 bits per heavy atom. The van der Waals surface area contributed by atoms with E-state index < -0.39 is 0 Å². The second kappa shape index (κ2) is 5.47. The maximum Gasteiger partial charge on any atom is 0.0947 e. The molecule has 3 heteroatoms. The van der Waals surface area contributed by atoms with Crippen LogP contribution in [-0.2, 0) is 11.2 Å². The van der Waals surface area contributed by atoms with Crippen LogP contribution in [0.15, 0.2) is 24.3 Å². The average molecular weight is 275 g/mol. The lowest BCUT2D eigenvalue weighted by Crippen LogP contribution is -2.53. The van der Waals surface area contributed by atoms with E-state index in [1.165, 1.54) is 5.56 Å². The minimum Gasteiger partial charge on any atom is -0.387 e. The number of fused-ring (bicyclic) bond motifs is 1. The van der Waals surface area contributed by atoms with E-state index in [9.17, 15) is 5.11 Å². The van der Waals surface area contributed by atoms with Gasteiger partial charge in [-0.1, -0.05) is 24.3 Å². The molecule has 2 unspecified atom stereocenters. The number of aliphatic hydroxyl groups is 1. The van der Waals surface area contributed by atoms with Crippen molar-refractivity contribution in [2.24, 2.45) is 0 Å². The number of ether oxygens (including phenoxy) is 1. The van der Waals surface area contributed by atoms with Crippen LogP contribution in [0.25, 0.3) is 0 Å². The van der Waals surface area contributed by atoms with E-state index in [2.05, 4.69) is 36.9 Å². The largest absolute Gasteiger partial charge is 0.387 e. The quantitative estimate of drug-likeness (QED) is 0.800. The molecule has 3 nitrogen and oxygen atoms in total. The van der Waals surface area contributed by atoms with Gasteiger partial charge in [0.25, 0.3) is 0 Å². The number of aliphatic hydroxyl groups excluding tert-OH is 1. The summed E-state index contributed by atoms with van der Waals surface area (Å²) in [6, 6.07) is 8.58. The van der Waals surface area contributed by atoms with Crippen molar-refractivity contribution in [1.82, 2.24) is 4.90 Å². The van der Waals surface area contributed by atoms with Gasteiger partial charge in [0, 0.05) is 19.1 Å². The van der Waals surface area contributed by atoms with Crippen LogP contribution in [0, 0.1) is 0 Å².